The van der Waals surface area contributed by atoms with E-state index in [4.69, 9.17) is 4.74 Å². The van der Waals surface area contributed by atoms with Crippen molar-refractivity contribution in [3.8, 4) is 0 Å². The maximum Gasteiger partial charge on any atom is 0.331 e. The summed E-state index contributed by atoms with van der Waals surface area (Å²) < 4.78 is 5.89. The summed E-state index contributed by atoms with van der Waals surface area (Å²) in [7, 11) is 1.89. The van der Waals surface area contributed by atoms with Crippen molar-refractivity contribution in [2.75, 3.05) is 26.7 Å². The van der Waals surface area contributed by atoms with E-state index in [0.717, 1.165) is 36.9 Å². The van der Waals surface area contributed by atoms with Crippen molar-refractivity contribution >= 4 is 12.3 Å². The second-order valence-corrected chi connectivity index (χ2v) is 18.9. The topological polar surface area (TPSA) is 169 Å². The van der Waals surface area contributed by atoms with E-state index < -0.39 is 69.7 Å². The van der Waals surface area contributed by atoms with E-state index in [1.54, 1.807) is 6.08 Å². The number of rotatable bonds is 7. The van der Waals surface area contributed by atoms with Crippen molar-refractivity contribution in [3.05, 3.63) is 35.5 Å². The van der Waals surface area contributed by atoms with E-state index in [1.807, 2.05) is 14.0 Å². The fourth-order valence-electron chi connectivity index (χ4n) is 15.3. The number of nitrogens with one attached hydrogen (secondary N) is 2. The molecule has 9 aliphatic rings. The van der Waals surface area contributed by atoms with Gasteiger partial charge in [-0.05, 0) is 105 Å². The van der Waals surface area contributed by atoms with Crippen LogP contribution in [0.25, 0.3) is 0 Å². The largest absolute Gasteiger partial charge is 0.450 e. The number of carbonyl (C=O) groups is 2. The lowest BCUT2D eigenvalue weighted by atomic mass is 9.35. The fraction of sp³-hybridized carbons (Fsp3) is 0.810. The first-order valence-corrected chi connectivity index (χ1v) is 20.5. The molecule has 6 saturated carbocycles. The maximum absolute atomic E-state index is 14.0. The van der Waals surface area contributed by atoms with E-state index in [0.29, 0.717) is 50.5 Å². The maximum atomic E-state index is 14.0. The number of allylic oxidation sites excluding steroid dienone is 3. The Hall–Kier alpha value is -1.92. The number of hydrogen-bond donors (Lipinski definition) is 7. The smallest absolute Gasteiger partial charge is 0.331 e. The van der Waals surface area contributed by atoms with Gasteiger partial charge in [-0.15, -0.1) is 0 Å². The first kappa shape index (κ1) is 35.8. The summed E-state index contributed by atoms with van der Waals surface area (Å²) in [6.45, 7) is 4.01. The summed E-state index contributed by atoms with van der Waals surface area (Å²) in [5, 5.41) is 72.0. The quantitative estimate of drug-likeness (QED) is 0.0899. The van der Waals surface area contributed by atoms with Gasteiger partial charge in [0.15, 0.2) is 0 Å². The summed E-state index contributed by atoms with van der Waals surface area (Å²) in [5.41, 5.74) is -6.36. The van der Waals surface area contributed by atoms with Gasteiger partial charge >= 0.3 is 5.97 Å². The first-order chi connectivity index (χ1) is 24.9. The molecule has 7 N–H and O–H groups in total. The molecule has 0 aromatic rings. The molecule has 10 heteroatoms. The number of carbonyl (C=O) groups excluding carboxylic acids is 2. The number of aliphatic hydroxyl groups excluding tert-OH is 2. The van der Waals surface area contributed by atoms with Crippen molar-refractivity contribution in [3.63, 3.8) is 0 Å². The van der Waals surface area contributed by atoms with Crippen molar-refractivity contribution in [1.29, 1.82) is 0 Å². The van der Waals surface area contributed by atoms with Crippen LogP contribution in [0.4, 0.5) is 0 Å². The molecule has 0 amide bonds. The Labute approximate surface area is 307 Å². The highest BCUT2D eigenvalue weighted by Crippen LogP contribution is 2.76. The van der Waals surface area contributed by atoms with Gasteiger partial charge < -0.3 is 45.7 Å². The molecule has 0 aromatic carbocycles. The molecule has 6 fully saturated rings. The molecule has 0 saturated heterocycles. The normalized spacial score (nSPS) is 53.3. The van der Waals surface area contributed by atoms with Gasteiger partial charge in [-0.1, -0.05) is 50.8 Å². The zero-order chi connectivity index (χ0) is 36.4. The van der Waals surface area contributed by atoms with E-state index in [9.17, 15) is 35.1 Å². The third-order valence-electron chi connectivity index (χ3n) is 17.4. The summed E-state index contributed by atoms with van der Waals surface area (Å²) in [6, 6.07) is 0. The zero-order valence-electron chi connectivity index (χ0n) is 30.9. The lowest BCUT2D eigenvalue weighted by molar-refractivity contribution is -0.373. The molecule has 0 aromatic heterocycles. The molecule has 286 valence electrons. The Morgan fingerprint density at radius 1 is 0.962 bits per heavy atom. The summed E-state index contributed by atoms with van der Waals surface area (Å²) in [4.78, 5) is 26.8. The predicted octanol–water partition coefficient (Wildman–Crippen LogP) is 2.57. The highest BCUT2D eigenvalue weighted by molar-refractivity contribution is 5.87. The van der Waals surface area contributed by atoms with Crippen molar-refractivity contribution in [2.45, 2.75) is 119 Å². The van der Waals surface area contributed by atoms with Crippen LogP contribution in [0.15, 0.2) is 35.5 Å². The van der Waals surface area contributed by atoms with Crippen LogP contribution in [0, 0.1) is 64.1 Å². The third-order valence-corrected chi connectivity index (χ3v) is 17.4. The van der Waals surface area contributed by atoms with Crippen LogP contribution < -0.4 is 10.6 Å². The molecule has 0 bridgehead atoms. The second kappa shape index (κ2) is 12.3. The number of ether oxygens (including phenoxy) is 1. The molecule has 52 heavy (non-hydrogen) atoms. The van der Waals surface area contributed by atoms with Crippen molar-refractivity contribution in [1.82, 2.24) is 10.6 Å². The predicted molar refractivity (Wildman–Crippen MR) is 192 cm³/mol. The Morgan fingerprint density at radius 2 is 1.75 bits per heavy atom. The highest BCUT2D eigenvalue weighted by atomic mass is 16.5. The van der Waals surface area contributed by atoms with Crippen LogP contribution in [0.5, 0.6) is 0 Å². The van der Waals surface area contributed by atoms with Crippen LogP contribution in [0.2, 0.25) is 0 Å². The molecular formula is C42H60N2O8. The Bertz CT molecular complexity index is 1570. The van der Waals surface area contributed by atoms with Crippen molar-refractivity contribution < 1.29 is 39.9 Å². The minimum absolute atomic E-state index is 0.0942. The molecule has 16 atom stereocenters. The van der Waals surface area contributed by atoms with E-state index in [2.05, 4.69) is 28.9 Å². The third kappa shape index (κ3) is 4.37. The molecule has 1 heterocycles. The van der Waals surface area contributed by atoms with Gasteiger partial charge in [-0.25, -0.2) is 4.79 Å². The van der Waals surface area contributed by atoms with Gasteiger partial charge in [0.2, 0.25) is 0 Å². The molecule has 0 unspecified atom stereocenters. The zero-order valence-corrected chi connectivity index (χ0v) is 30.9. The molecular weight excluding hydrogens is 660 g/mol. The lowest BCUT2D eigenvalue weighted by Gasteiger charge is -2.72. The monoisotopic (exact) mass is 720 g/mol. The number of esters is 1. The minimum atomic E-state index is -2.12. The van der Waals surface area contributed by atoms with E-state index in [-0.39, 0.29) is 36.5 Å². The van der Waals surface area contributed by atoms with Gasteiger partial charge in [0.05, 0.1) is 23.2 Å². The number of hydrogen-bond acceptors (Lipinski definition) is 10. The minimum Gasteiger partial charge on any atom is -0.450 e. The van der Waals surface area contributed by atoms with Gasteiger partial charge in [0.25, 0.3) is 0 Å². The summed E-state index contributed by atoms with van der Waals surface area (Å²) in [5.74, 6) is -2.28. The number of aliphatic hydroxyl groups is 5. The Kier molecular flexibility index (Phi) is 8.45. The van der Waals surface area contributed by atoms with E-state index in [1.165, 1.54) is 25.7 Å². The molecule has 9 rings (SSSR count). The molecule has 8 aliphatic carbocycles. The molecule has 10 nitrogen and oxygen atoms in total. The van der Waals surface area contributed by atoms with Crippen LogP contribution >= 0.6 is 0 Å². The molecule has 1 aliphatic heterocycles. The molecule has 0 radical (unpaired) electrons. The fourth-order valence-corrected chi connectivity index (χ4v) is 15.3. The first-order valence-electron chi connectivity index (χ1n) is 20.5. The van der Waals surface area contributed by atoms with Crippen LogP contribution in [-0.4, -0.2) is 99.6 Å². The van der Waals surface area contributed by atoms with Gasteiger partial charge in [-0.3, -0.25) is 0 Å². The second-order valence-electron chi connectivity index (χ2n) is 18.9. The van der Waals surface area contributed by atoms with Crippen molar-refractivity contribution in [2.24, 2.45) is 64.1 Å². The number of fused-ring (bicyclic) bond motifs is 9. The standard InChI is InChI=1S/C42H60N2O8/c1-38-12-11-33-39(22-45)13-10-32(46)30-17-24-8-5-9-27(23-6-3-4-7-23)28(24)18-31(41(30,39)50)37(48)42(33,51)40(38,49)20-25-16-26(21-44-15-14-43-2)36-29(35(25)38)19-34(47)52-36/h5,8,16,19,22-25,27-28,30-33,35-37,43-44,46,48-51H,3-4,6-7,9-15,17-18,20-21H2,1-2H3/t24-,25-,27-,28-,30+,31+,32+,33-,35-,36+,37+,38-,39+,40-,41-,42-/m1/s1. The van der Waals surface area contributed by atoms with E-state index >= 15 is 0 Å². The number of aldehydes is 1. The van der Waals surface area contributed by atoms with Gasteiger partial charge in [0, 0.05) is 48.9 Å². The van der Waals surface area contributed by atoms with Crippen LogP contribution in [0.1, 0.15) is 84.0 Å². The highest BCUT2D eigenvalue weighted by Gasteiger charge is 2.84. The van der Waals surface area contributed by atoms with Crippen LogP contribution in [-0.2, 0) is 14.3 Å². The summed E-state index contributed by atoms with van der Waals surface area (Å²) in [6.07, 6.45) is 14.3. The lowest BCUT2D eigenvalue weighted by Crippen LogP contribution is -2.85. The Morgan fingerprint density at radius 3 is 2.50 bits per heavy atom. The van der Waals surface area contributed by atoms with Crippen LogP contribution in [0.3, 0.4) is 0 Å². The number of likely N-dealkylation sites (N-methyl/N-ethyl adjacent to an activating group) is 1. The molecule has 0 spiro atoms. The average Bonchev–Trinajstić information content (AvgIpc) is 3.82. The van der Waals surface area contributed by atoms with Gasteiger partial charge in [0.1, 0.15) is 23.6 Å². The SMILES string of the molecule is CNCCNCC1=C[C@@H]2C[C@]3(O)[C@]4(O)[C@@H](O)[C@@H]5C[C@@H]6[C@H](C=CC[C@@H]6C6CCCC6)C[C@H]6[C@@H](O)CC[C@](C=O)([C@H]4CC[C@]3(C)[C@H]2C2=CC(=O)O[C@@H]12)[C@@]65O. The van der Waals surface area contributed by atoms with Gasteiger partial charge in [-0.2, -0.15) is 0 Å². The average molecular weight is 721 g/mol. The Balaban J connectivity index is 1.16. The summed E-state index contributed by atoms with van der Waals surface area (Å²) >= 11 is 0.